The van der Waals surface area contributed by atoms with Crippen LogP contribution in [0.4, 0.5) is 5.69 Å². The summed E-state index contributed by atoms with van der Waals surface area (Å²) >= 11 is 5.95. The zero-order valence-corrected chi connectivity index (χ0v) is 20.1. The maximum absolute atomic E-state index is 13.4. The van der Waals surface area contributed by atoms with E-state index in [0.29, 0.717) is 17.3 Å². The van der Waals surface area contributed by atoms with Gasteiger partial charge in [0.05, 0.1) is 19.1 Å². The first-order chi connectivity index (χ1) is 15.1. The normalized spacial score (nSPS) is 12.0. The van der Waals surface area contributed by atoms with Crippen molar-refractivity contribution < 1.29 is 22.7 Å². The van der Waals surface area contributed by atoms with Crippen molar-refractivity contribution in [1.29, 1.82) is 0 Å². The predicted molar refractivity (Wildman–Crippen MR) is 125 cm³/mol. The molecule has 0 spiro atoms. The van der Waals surface area contributed by atoms with Crippen LogP contribution in [0.1, 0.15) is 19.4 Å². The van der Waals surface area contributed by atoms with Crippen molar-refractivity contribution in [2.45, 2.75) is 26.4 Å². The molecule has 0 aliphatic rings. The first kappa shape index (κ1) is 25.5. The van der Waals surface area contributed by atoms with Crippen molar-refractivity contribution in [2.75, 3.05) is 30.8 Å². The number of carbonyl (C=O) groups is 2. The molecule has 0 bridgehead atoms. The van der Waals surface area contributed by atoms with Crippen LogP contribution < -0.4 is 14.4 Å². The number of nitrogens with zero attached hydrogens (tertiary/aromatic N) is 2. The summed E-state index contributed by atoms with van der Waals surface area (Å²) in [6.45, 7) is 3.41. The Kier molecular flexibility index (Phi) is 8.91. The molecule has 0 aliphatic carbocycles. The molecule has 0 radical (unpaired) electrons. The number of benzene rings is 2. The monoisotopic (exact) mass is 481 g/mol. The Balaban J connectivity index is 2.41. The summed E-state index contributed by atoms with van der Waals surface area (Å²) in [5.41, 5.74) is 0.991. The number of hydrogen-bond acceptors (Lipinski definition) is 5. The van der Waals surface area contributed by atoms with Crippen LogP contribution in [0.2, 0.25) is 5.02 Å². The fourth-order valence-electron chi connectivity index (χ4n) is 3.12. The van der Waals surface area contributed by atoms with E-state index in [9.17, 15) is 18.0 Å². The molecule has 8 nitrogen and oxygen atoms in total. The van der Waals surface area contributed by atoms with E-state index in [1.165, 1.54) is 12.0 Å². The van der Waals surface area contributed by atoms with Crippen molar-refractivity contribution in [3.63, 3.8) is 0 Å². The summed E-state index contributed by atoms with van der Waals surface area (Å²) in [7, 11) is -2.40. The molecule has 0 heterocycles. The number of methoxy groups -OCH3 is 1. The zero-order valence-electron chi connectivity index (χ0n) is 18.5. The van der Waals surface area contributed by atoms with E-state index >= 15 is 0 Å². The van der Waals surface area contributed by atoms with Gasteiger partial charge in [-0.05, 0) is 43.7 Å². The van der Waals surface area contributed by atoms with E-state index in [-0.39, 0.29) is 18.1 Å². The van der Waals surface area contributed by atoms with Crippen molar-refractivity contribution >= 4 is 39.1 Å². The SMILES string of the molecule is CCNC(=O)C(C)N(Cc1ccc(Cl)cc1)C(=O)CN(c1ccccc1OC)S(C)(=O)=O. The number of anilines is 1. The fraction of sp³-hybridized carbons (Fsp3) is 0.364. The van der Waals surface area contributed by atoms with Crippen molar-refractivity contribution in [2.24, 2.45) is 0 Å². The van der Waals surface area contributed by atoms with Crippen LogP contribution in [0.25, 0.3) is 0 Å². The predicted octanol–water partition coefficient (Wildman–Crippen LogP) is 2.67. The molecule has 174 valence electrons. The fourth-order valence-corrected chi connectivity index (χ4v) is 4.10. The number of ether oxygens (including phenoxy) is 1. The minimum Gasteiger partial charge on any atom is -0.495 e. The maximum Gasteiger partial charge on any atom is 0.244 e. The van der Waals surface area contributed by atoms with Gasteiger partial charge in [-0.3, -0.25) is 13.9 Å². The maximum atomic E-state index is 13.4. The summed E-state index contributed by atoms with van der Waals surface area (Å²) in [6.07, 6.45) is 1.02. The molecule has 2 rings (SSSR count). The van der Waals surface area contributed by atoms with Gasteiger partial charge < -0.3 is 15.0 Å². The highest BCUT2D eigenvalue weighted by molar-refractivity contribution is 7.92. The summed E-state index contributed by atoms with van der Waals surface area (Å²) in [4.78, 5) is 27.2. The van der Waals surface area contributed by atoms with Crippen molar-refractivity contribution in [3.05, 3.63) is 59.1 Å². The quantitative estimate of drug-likeness (QED) is 0.562. The number of amides is 2. The van der Waals surface area contributed by atoms with Crippen molar-refractivity contribution in [1.82, 2.24) is 10.2 Å². The first-order valence-corrected chi connectivity index (χ1v) is 12.2. The Morgan fingerprint density at radius 1 is 1.12 bits per heavy atom. The third kappa shape index (κ3) is 6.61. The molecule has 2 aromatic carbocycles. The topological polar surface area (TPSA) is 96.0 Å². The van der Waals surface area contributed by atoms with Gasteiger partial charge in [-0.2, -0.15) is 0 Å². The molecule has 1 N–H and O–H groups in total. The van der Waals surface area contributed by atoms with Gasteiger partial charge in [0, 0.05) is 18.1 Å². The first-order valence-electron chi connectivity index (χ1n) is 10.0. The van der Waals surface area contributed by atoms with Crippen LogP contribution in [0.15, 0.2) is 48.5 Å². The highest BCUT2D eigenvalue weighted by atomic mass is 35.5. The van der Waals surface area contributed by atoms with E-state index in [4.69, 9.17) is 16.3 Å². The van der Waals surface area contributed by atoms with E-state index in [1.54, 1.807) is 62.4 Å². The summed E-state index contributed by atoms with van der Waals surface area (Å²) in [5, 5.41) is 3.25. The lowest BCUT2D eigenvalue weighted by Gasteiger charge is -2.31. The van der Waals surface area contributed by atoms with Crippen LogP contribution in [0, 0.1) is 0 Å². The smallest absolute Gasteiger partial charge is 0.244 e. The van der Waals surface area contributed by atoms with Crippen LogP contribution >= 0.6 is 11.6 Å². The minimum atomic E-state index is -3.83. The lowest BCUT2D eigenvalue weighted by molar-refractivity contribution is -0.139. The Morgan fingerprint density at radius 3 is 2.31 bits per heavy atom. The van der Waals surface area contributed by atoms with Crippen LogP contribution in [0.5, 0.6) is 5.75 Å². The van der Waals surface area contributed by atoms with Gasteiger partial charge >= 0.3 is 0 Å². The molecule has 0 saturated heterocycles. The van der Waals surface area contributed by atoms with E-state index < -0.39 is 28.5 Å². The molecule has 2 aromatic rings. The van der Waals surface area contributed by atoms with Gasteiger partial charge in [0.2, 0.25) is 21.8 Å². The van der Waals surface area contributed by atoms with Crippen LogP contribution in [0.3, 0.4) is 0 Å². The molecule has 0 aliphatic heterocycles. The molecular weight excluding hydrogens is 454 g/mol. The van der Waals surface area contributed by atoms with Gasteiger partial charge in [0.25, 0.3) is 0 Å². The average Bonchev–Trinajstić information content (AvgIpc) is 2.75. The molecule has 2 amide bonds. The number of likely N-dealkylation sites (N-methyl/N-ethyl adjacent to an activating group) is 1. The van der Waals surface area contributed by atoms with Gasteiger partial charge in [-0.25, -0.2) is 8.42 Å². The second-order valence-corrected chi connectivity index (χ2v) is 9.50. The largest absolute Gasteiger partial charge is 0.495 e. The molecule has 0 fully saturated rings. The number of hydrogen-bond donors (Lipinski definition) is 1. The molecular formula is C22H28ClN3O5S. The van der Waals surface area contributed by atoms with Crippen molar-refractivity contribution in [3.8, 4) is 5.75 Å². The van der Waals surface area contributed by atoms with E-state index in [1.807, 2.05) is 0 Å². The number of para-hydroxylation sites is 2. The number of halogens is 1. The molecule has 32 heavy (non-hydrogen) atoms. The third-order valence-corrected chi connectivity index (χ3v) is 6.20. The summed E-state index contributed by atoms with van der Waals surface area (Å²) < 4.78 is 31.4. The number of carbonyl (C=O) groups excluding carboxylic acids is 2. The Hall–Kier alpha value is -2.78. The van der Waals surface area contributed by atoms with E-state index in [2.05, 4.69) is 5.32 Å². The third-order valence-electron chi connectivity index (χ3n) is 4.82. The number of rotatable bonds is 10. The lowest BCUT2D eigenvalue weighted by atomic mass is 10.1. The Labute approximate surface area is 194 Å². The molecule has 1 atom stereocenters. The molecule has 0 aromatic heterocycles. The Morgan fingerprint density at radius 2 is 1.75 bits per heavy atom. The second-order valence-electron chi connectivity index (χ2n) is 7.16. The number of nitrogens with one attached hydrogen (secondary N) is 1. The highest BCUT2D eigenvalue weighted by Crippen LogP contribution is 2.29. The molecule has 10 heteroatoms. The van der Waals surface area contributed by atoms with Crippen LogP contribution in [-0.4, -0.2) is 57.6 Å². The Bertz CT molecular complexity index is 1040. The average molecular weight is 482 g/mol. The van der Waals surface area contributed by atoms with Gasteiger partial charge in [-0.15, -0.1) is 0 Å². The highest BCUT2D eigenvalue weighted by Gasteiger charge is 2.30. The molecule has 1 unspecified atom stereocenters. The molecule has 0 saturated carbocycles. The summed E-state index contributed by atoms with van der Waals surface area (Å²) in [6, 6.07) is 12.6. The van der Waals surface area contributed by atoms with Gasteiger partial charge in [0.15, 0.2) is 0 Å². The zero-order chi connectivity index (χ0) is 23.9. The minimum absolute atomic E-state index is 0.109. The summed E-state index contributed by atoms with van der Waals surface area (Å²) in [5.74, 6) is -0.556. The standard InChI is InChI=1S/C22H28ClN3O5S/c1-5-24-22(28)16(2)25(14-17-10-12-18(23)13-11-17)21(27)15-26(32(4,29)30)19-8-6-7-9-20(19)31-3/h6-13,16H,5,14-15H2,1-4H3,(H,24,28). The van der Waals surface area contributed by atoms with E-state index in [0.717, 1.165) is 16.1 Å². The lowest BCUT2D eigenvalue weighted by Crippen LogP contribution is -2.51. The number of sulfonamides is 1. The van der Waals surface area contributed by atoms with Gasteiger partial charge in [-0.1, -0.05) is 35.9 Å². The second kappa shape index (κ2) is 11.2. The van der Waals surface area contributed by atoms with Gasteiger partial charge in [0.1, 0.15) is 18.3 Å². The van der Waals surface area contributed by atoms with Crippen LogP contribution in [-0.2, 0) is 26.2 Å².